The maximum Gasteiger partial charge on any atom is 0.193 e. The number of aliphatic hydroxyl groups is 2. The molecule has 0 unspecified atom stereocenters. The van der Waals surface area contributed by atoms with Crippen molar-refractivity contribution in [3.05, 3.63) is 83.2 Å². The van der Waals surface area contributed by atoms with Gasteiger partial charge in [0.05, 0.1) is 12.2 Å². The molecular formula is C35H38FNO7. The molecule has 0 amide bonds. The second-order valence-corrected chi connectivity index (χ2v) is 13.5. The number of anilines is 1. The van der Waals surface area contributed by atoms with Gasteiger partial charge in [-0.2, -0.15) is 0 Å². The van der Waals surface area contributed by atoms with E-state index >= 15 is 4.39 Å². The average molecular weight is 604 g/mol. The Morgan fingerprint density at radius 3 is 2.77 bits per heavy atom. The van der Waals surface area contributed by atoms with Crippen LogP contribution in [0.1, 0.15) is 56.9 Å². The van der Waals surface area contributed by atoms with E-state index < -0.39 is 53.1 Å². The Hall–Kier alpha value is -3.37. The number of nitrogens with two attached hydrogens (primary N) is 1. The average Bonchev–Trinajstić information content (AvgIpc) is 3.49. The highest BCUT2D eigenvalue weighted by atomic mass is 19.1. The molecule has 8 nitrogen and oxygen atoms in total. The van der Waals surface area contributed by atoms with Crippen LogP contribution in [0, 0.1) is 34.4 Å². The lowest BCUT2D eigenvalue weighted by molar-refractivity contribution is -0.201. The molecule has 0 aromatic heterocycles. The second kappa shape index (κ2) is 10.3. The molecule has 1 aliphatic heterocycles. The third kappa shape index (κ3) is 4.09. The van der Waals surface area contributed by atoms with Crippen LogP contribution in [0.4, 0.5) is 10.1 Å². The van der Waals surface area contributed by atoms with Gasteiger partial charge in [-0.05, 0) is 73.4 Å². The molecule has 0 radical (unpaired) electrons. The molecule has 3 saturated carbocycles. The van der Waals surface area contributed by atoms with Crippen molar-refractivity contribution in [3.63, 3.8) is 0 Å². The first-order chi connectivity index (χ1) is 21.0. The number of ether oxygens (including phenoxy) is 3. The fraction of sp³-hybridized carbons (Fsp3) is 0.486. The van der Waals surface area contributed by atoms with Crippen molar-refractivity contribution >= 4 is 17.3 Å². The largest absolute Gasteiger partial charge is 0.486 e. The molecule has 0 spiro atoms. The number of Topliss-reactive ketones (excluding diaryl/α,β-unsaturated/α-hetero) is 1. The fourth-order valence-electron chi connectivity index (χ4n) is 9.49. The number of fused-ring (bicyclic) bond motifs is 7. The van der Waals surface area contributed by atoms with E-state index in [2.05, 4.69) is 6.92 Å². The summed E-state index contributed by atoms with van der Waals surface area (Å²) in [4.78, 5) is 25.9. The van der Waals surface area contributed by atoms with E-state index in [4.69, 9.17) is 19.9 Å². The number of carbonyl (C=O) groups excluding carboxylic acids is 2. The summed E-state index contributed by atoms with van der Waals surface area (Å²) in [5, 5.41) is 22.0. The van der Waals surface area contributed by atoms with Crippen molar-refractivity contribution in [1.29, 1.82) is 0 Å². The van der Waals surface area contributed by atoms with Gasteiger partial charge >= 0.3 is 0 Å². The Balaban J connectivity index is 1.19. The molecule has 9 heteroatoms. The Morgan fingerprint density at radius 1 is 1.20 bits per heavy atom. The van der Waals surface area contributed by atoms with Crippen LogP contribution in [0.3, 0.4) is 0 Å². The van der Waals surface area contributed by atoms with Crippen molar-refractivity contribution in [1.82, 2.24) is 0 Å². The van der Waals surface area contributed by atoms with Gasteiger partial charge in [0.25, 0.3) is 0 Å². The van der Waals surface area contributed by atoms with Gasteiger partial charge in [-0.3, -0.25) is 9.59 Å². The van der Waals surface area contributed by atoms with Gasteiger partial charge in [0.15, 0.2) is 35.0 Å². The number of allylic oxidation sites excluding steroid dienone is 4. The van der Waals surface area contributed by atoms with Crippen LogP contribution in [0.2, 0.25) is 0 Å². The fourth-order valence-corrected chi connectivity index (χ4v) is 9.49. The van der Waals surface area contributed by atoms with E-state index in [1.54, 1.807) is 42.5 Å². The molecule has 7 rings (SSSR count). The first kappa shape index (κ1) is 29.3. The highest BCUT2D eigenvalue weighted by Crippen LogP contribution is 2.70. The molecule has 232 valence electrons. The van der Waals surface area contributed by atoms with Crippen LogP contribution in [0.25, 0.3) is 0 Å². The van der Waals surface area contributed by atoms with Crippen LogP contribution < -0.4 is 10.5 Å². The molecule has 5 aliphatic rings. The van der Waals surface area contributed by atoms with Crippen molar-refractivity contribution in [2.45, 2.75) is 70.2 Å². The Morgan fingerprint density at radius 2 is 2.00 bits per heavy atom. The number of halogens is 1. The maximum absolute atomic E-state index is 15.9. The minimum absolute atomic E-state index is 0.00932. The summed E-state index contributed by atoms with van der Waals surface area (Å²) in [5.74, 6) is -1.38. The number of benzene rings is 2. The normalized spacial score (nSPS) is 38.8. The van der Waals surface area contributed by atoms with E-state index in [-0.39, 0.29) is 47.9 Å². The third-order valence-electron chi connectivity index (χ3n) is 11.4. The van der Waals surface area contributed by atoms with Gasteiger partial charge in [0.1, 0.15) is 13.2 Å². The second-order valence-electron chi connectivity index (χ2n) is 13.5. The van der Waals surface area contributed by atoms with Crippen molar-refractivity contribution < 1.29 is 38.4 Å². The van der Waals surface area contributed by atoms with Gasteiger partial charge in [-0.25, -0.2) is 4.39 Å². The third-order valence-corrected chi connectivity index (χ3v) is 11.4. The summed E-state index contributed by atoms with van der Waals surface area (Å²) in [7, 11) is 0. The zero-order chi connectivity index (χ0) is 31.0. The first-order valence-corrected chi connectivity index (χ1v) is 15.4. The summed E-state index contributed by atoms with van der Waals surface area (Å²) < 4.78 is 34.7. The zero-order valence-electron chi connectivity index (χ0n) is 24.9. The molecule has 1 heterocycles. The Labute approximate surface area is 255 Å². The minimum atomic E-state index is -1.57. The smallest absolute Gasteiger partial charge is 0.193 e. The maximum atomic E-state index is 15.9. The molecule has 4 aliphatic carbocycles. The van der Waals surface area contributed by atoms with Gasteiger partial charge in [-0.1, -0.05) is 49.8 Å². The Bertz CT molecular complexity index is 1590. The Kier molecular flexibility index (Phi) is 6.90. The highest BCUT2D eigenvalue weighted by Gasteiger charge is 2.76. The quantitative estimate of drug-likeness (QED) is 0.409. The predicted octanol–water partition coefficient (Wildman–Crippen LogP) is 4.59. The van der Waals surface area contributed by atoms with Crippen LogP contribution in [-0.4, -0.2) is 46.2 Å². The molecular weight excluding hydrogens is 565 g/mol. The first-order valence-electron chi connectivity index (χ1n) is 15.4. The minimum Gasteiger partial charge on any atom is -0.486 e. The topological polar surface area (TPSA) is 128 Å². The highest BCUT2D eigenvalue weighted by molar-refractivity contribution is 6.01. The lowest BCUT2D eigenvalue weighted by Gasteiger charge is -2.59. The van der Waals surface area contributed by atoms with E-state index in [1.165, 1.54) is 6.07 Å². The summed E-state index contributed by atoms with van der Waals surface area (Å²) in [5.41, 5.74) is 5.44. The molecule has 1 saturated heterocycles. The molecule has 9 atom stereocenters. The van der Waals surface area contributed by atoms with Gasteiger partial charge in [-0.15, -0.1) is 0 Å². The summed E-state index contributed by atoms with van der Waals surface area (Å²) >= 11 is 0. The zero-order valence-corrected chi connectivity index (χ0v) is 24.9. The van der Waals surface area contributed by atoms with Crippen LogP contribution >= 0.6 is 0 Å². The monoisotopic (exact) mass is 603 g/mol. The number of hydrogen-bond acceptors (Lipinski definition) is 8. The number of hydrogen-bond donors (Lipinski definition) is 3. The van der Waals surface area contributed by atoms with Crippen molar-refractivity contribution in [2.75, 3.05) is 12.3 Å². The molecule has 2 aromatic rings. The van der Waals surface area contributed by atoms with E-state index in [1.807, 2.05) is 19.1 Å². The molecule has 44 heavy (non-hydrogen) atoms. The summed E-state index contributed by atoms with van der Waals surface area (Å²) in [6.07, 6.45) is 4.68. The SMILES string of the molecule is C[C@]12C=CC(=O)C=C1CC[C@@H]1[C@@H]2[C@@H](O)C[C@@]2(C)[C@H]1C[C@H]1O[C@H](c3cccc(OCc4cccc(N)c4)c3F)O[C@]12C(=O)CO. The van der Waals surface area contributed by atoms with Gasteiger partial charge in [0, 0.05) is 28.0 Å². The van der Waals surface area contributed by atoms with Crippen LogP contribution in [0.15, 0.2) is 66.3 Å². The standard InChI is InChI=1S/C35H38FNO7/c1-33-12-11-22(39)14-20(33)9-10-23-25-15-29-35(28(41)17-38,34(25,2)16-26(40)30(23)33)44-32(43-29)24-7-4-8-27(31(24)36)42-18-19-5-3-6-21(37)13-19/h3-8,11-14,23,25-26,29-30,32,38,40H,9-10,15-18,37H2,1-2H3/t23-,25-,26-,29+,30+,32-,33-,34-,35+/m0/s1. The number of carbonyl (C=O) groups is 2. The van der Waals surface area contributed by atoms with Crippen molar-refractivity contribution in [2.24, 2.45) is 28.6 Å². The predicted molar refractivity (Wildman–Crippen MR) is 158 cm³/mol. The summed E-state index contributed by atoms with van der Waals surface area (Å²) in [6.45, 7) is 3.38. The van der Waals surface area contributed by atoms with E-state index in [9.17, 15) is 19.8 Å². The number of rotatable bonds is 6. The van der Waals surface area contributed by atoms with Gasteiger partial charge < -0.3 is 30.2 Å². The van der Waals surface area contributed by atoms with E-state index in [0.29, 0.717) is 12.1 Å². The molecule has 4 fully saturated rings. The van der Waals surface area contributed by atoms with Crippen molar-refractivity contribution in [3.8, 4) is 5.75 Å². The molecule has 0 bridgehead atoms. The number of nitrogen functional groups attached to an aromatic ring is 1. The van der Waals surface area contributed by atoms with E-state index in [0.717, 1.165) is 24.0 Å². The molecule has 2 aromatic carbocycles. The summed E-state index contributed by atoms with van der Waals surface area (Å²) in [6, 6.07) is 11.9. The van der Waals surface area contributed by atoms with Gasteiger partial charge in [0.2, 0.25) is 0 Å². The number of ketones is 2. The lowest BCUT2D eigenvalue weighted by atomic mass is 9.46. The lowest BCUT2D eigenvalue weighted by Crippen LogP contribution is -2.63. The van der Waals surface area contributed by atoms with Crippen LogP contribution in [-0.2, 0) is 25.7 Å². The van der Waals surface area contributed by atoms with Crippen LogP contribution in [0.5, 0.6) is 5.75 Å². The molecule has 4 N–H and O–H groups in total. The number of aliphatic hydroxyl groups excluding tert-OH is 2.